The number of amides is 4. The van der Waals surface area contributed by atoms with Crippen LogP contribution in [-0.4, -0.2) is 161 Å². The van der Waals surface area contributed by atoms with Gasteiger partial charge in [0.2, 0.25) is 44.0 Å². The number of hydrogen-bond acceptors (Lipinski definition) is 23. The lowest BCUT2D eigenvalue weighted by molar-refractivity contribution is -0.161. The van der Waals surface area contributed by atoms with Crippen LogP contribution in [0.15, 0.2) is 24.3 Å². The average Bonchev–Trinajstić information content (AvgIpc) is 3.59. The maximum atomic E-state index is 14.4. The minimum Gasteiger partial charge on any atom is -0.438 e. The maximum absolute atomic E-state index is 14.4. The minimum absolute atomic E-state index is 0.514. The van der Waals surface area contributed by atoms with E-state index in [0.29, 0.717) is 0 Å². The Labute approximate surface area is 393 Å². The number of carbonyl (C=O) groups is 7. The van der Waals surface area contributed by atoms with Gasteiger partial charge < -0.3 is 49.0 Å². The van der Waals surface area contributed by atoms with Gasteiger partial charge in [0.1, 0.15) is 60.2 Å². The SMILES string of the molecule is CC(C)C(=O)OCOP(=O)(O)OC[C@@]1(CF)O[C@@H](C2C=CC(=O)NC2=O)[C@](C)(O)[C@@H]1O.CC(C)C(=O)OCOP(=O)(OCOC(=O)C(C)C)OC[C@@]1(CF)O[C@@H](C2C=CC(=O)NC2=O)[C@](C)(O)[C@@H]1O. The highest BCUT2D eigenvalue weighted by Crippen LogP contribution is 2.53. The van der Waals surface area contributed by atoms with E-state index < -0.39 is 181 Å². The number of aliphatic hydroxyl groups excluding tert-OH is 2. The number of esters is 3. The van der Waals surface area contributed by atoms with E-state index in [4.69, 9.17) is 32.5 Å². The van der Waals surface area contributed by atoms with Gasteiger partial charge in [-0.25, -0.2) is 31.5 Å². The van der Waals surface area contributed by atoms with Crippen LogP contribution in [0.25, 0.3) is 0 Å². The Hall–Kier alpha value is -3.99. The summed E-state index contributed by atoms with van der Waals surface area (Å²) >= 11 is 0. The molecule has 0 aromatic heterocycles. The predicted octanol–water partition coefficient (Wildman–Crippen LogP) is -0.170. The van der Waals surface area contributed by atoms with Crippen LogP contribution in [0, 0.1) is 29.6 Å². The molecule has 69 heavy (non-hydrogen) atoms. The third-order valence-corrected chi connectivity index (χ3v) is 12.9. The van der Waals surface area contributed by atoms with Gasteiger partial charge in [-0.3, -0.25) is 53.2 Å². The highest BCUT2D eigenvalue weighted by atomic mass is 31.2. The summed E-state index contributed by atoms with van der Waals surface area (Å²) < 4.78 is 103. The van der Waals surface area contributed by atoms with Crippen molar-refractivity contribution in [3.8, 4) is 0 Å². The normalized spacial score (nSPS) is 32.1. The van der Waals surface area contributed by atoms with Gasteiger partial charge >= 0.3 is 33.6 Å². The van der Waals surface area contributed by atoms with Crippen molar-refractivity contribution >= 4 is 57.2 Å². The van der Waals surface area contributed by atoms with Crippen LogP contribution in [0.4, 0.5) is 8.78 Å². The van der Waals surface area contributed by atoms with Gasteiger partial charge in [-0.05, 0) is 13.8 Å². The van der Waals surface area contributed by atoms with Crippen LogP contribution in [0.5, 0.6) is 0 Å². The molecule has 0 bridgehead atoms. The Morgan fingerprint density at radius 1 is 0.638 bits per heavy atom. The molecular weight excluding hydrogens is 980 g/mol. The number of phosphoric ester groups is 2. The second-order valence-corrected chi connectivity index (χ2v) is 20.4. The molecule has 0 spiro atoms. The summed E-state index contributed by atoms with van der Waals surface area (Å²) in [6.45, 7) is 3.52. The number of aliphatic hydroxyl groups is 4. The topological polar surface area (TPSA) is 371 Å². The highest BCUT2D eigenvalue weighted by Gasteiger charge is 2.65. The number of imide groups is 2. The Kier molecular flexibility index (Phi) is 20.6. The predicted molar refractivity (Wildman–Crippen MR) is 222 cm³/mol. The molecule has 26 nitrogen and oxygen atoms in total. The van der Waals surface area contributed by atoms with Crippen LogP contribution >= 0.6 is 15.6 Å². The van der Waals surface area contributed by atoms with E-state index in [9.17, 15) is 76.8 Å². The summed E-state index contributed by atoms with van der Waals surface area (Å²) in [5.74, 6) is -9.42. The standard InChI is InChI=1S/C22H33FNO13P.C17H25FNO11P/c1-12(2)18(27)32-10-35-38(31,36-11-33-19(28)13(3)4)34-9-22(8-23)20(29)21(5,30)16(37-22)14-6-7-15(25)24-17(14)26;1-9(2)14(22)27-8-29-31(25,26)28-7-17(6-18)15(23)16(3,24)12(30-17)10-4-5-11(20)19-13(10)21/h6-7,12-14,16,20,29-30H,8-11H2,1-5H3,(H,24,25,26);4-5,9-10,12,15,23-24H,6-8H2,1-3H3,(H,25,26)(H,19,20,21)/t14?,16-,20-,21-,22+;10?,12-,15-,16-,17+/m00/s1. The first-order valence-corrected chi connectivity index (χ1v) is 23.8. The van der Waals surface area contributed by atoms with Crippen molar-refractivity contribution in [3.63, 3.8) is 0 Å². The molecule has 11 atom stereocenters. The zero-order chi connectivity index (χ0) is 52.5. The van der Waals surface area contributed by atoms with Gasteiger partial charge in [0.25, 0.3) is 0 Å². The maximum Gasteiger partial charge on any atom is 0.480 e. The monoisotopic (exact) mass is 1040 g/mol. The zero-order valence-corrected chi connectivity index (χ0v) is 40.4. The molecule has 4 heterocycles. The third-order valence-electron chi connectivity index (χ3n) is 10.7. The van der Waals surface area contributed by atoms with Crippen molar-refractivity contribution in [2.75, 3.05) is 46.9 Å². The molecule has 0 saturated carbocycles. The van der Waals surface area contributed by atoms with Gasteiger partial charge in [0.05, 0.1) is 42.8 Å². The number of nitrogens with one attached hydrogen (secondary N) is 2. The quantitative estimate of drug-likeness (QED) is 0.0243. The Morgan fingerprint density at radius 2 is 0.971 bits per heavy atom. The molecule has 4 aliphatic heterocycles. The van der Waals surface area contributed by atoms with E-state index in [-0.39, 0.29) is 0 Å². The molecule has 0 aromatic carbocycles. The first-order valence-electron chi connectivity index (χ1n) is 20.8. The molecule has 30 heteroatoms. The molecule has 2 saturated heterocycles. The van der Waals surface area contributed by atoms with Crippen LogP contribution in [0.3, 0.4) is 0 Å². The van der Waals surface area contributed by atoms with E-state index in [0.717, 1.165) is 38.2 Å². The van der Waals surface area contributed by atoms with Gasteiger partial charge in [0, 0.05) is 12.2 Å². The van der Waals surface area contributed by atoms with E-state index in [1.54, 1.807) is 0 Å². The number of phosphoric acid groups is 2. The summed E-state index contributed by atoms with van der Waals surface area (Å²) in [6, 6.07) is 0. The summed E-state index contributed by atoms with van der Waals surface area (Å²) in [7, 11) is -9.66. The average molecular weight is 1040 g/mol. The van der Waals surface area contributed by atoms with Gasteiger partial charge in [-0.15, -0.1) is 0 Å². The molecule has 3 unspecified atom stereocenters. The number of ether oxygens (including phenoxy) is 5. The van der Waals surface area contributed by atoms with Crippen LogP contribution in [0.2, 0.25) is 0 Å². The fraction of sp³-hybridized carbons (Fsp3) is 0.718. The molecule has 0 radical (unpaired) electrons. The van der Waals surface area contributed by atoms with E-state index in [1.807, 2.05) is 10.6 Å². The molecule has 0 aliphatic carbocycles. The molecule has 4 amide bonds. The Balaban J connectivity index is 0.000000373. The molecule has 392 valence electrons. The summed E-state index contributed by atoms with van der Waals surface area (Å²) in [4.78, 5) is 91.5. The number of hydrogen-bond donors (Lipinski definition) is 7. The number of rotatable bonds is 22. The lowest BCUT2D eigenvalue weighted by Gasteiger charge is -2.32. The number of carbonyl (C=O) groups excluding carboxylic acids is 7. The molecule has 4 rings (SSSR count). The lowest BCUT2D eigenvalue weighted by Crippen LogP contribution is -2.55. The molecule has 0 aromatic rings. The molecule has 2 fully saturated rings. The second-order valence-electron chi connectivity index (χ2n) is 17.3. The Morgan fingerprint density at radius 3 is 1.29 bits per heavy atom. The summed E-state index contributed by atoms with van der Waals surface area (Å²) in [5, 5.41) is 46.9. The lowest BCUT2D eigenvalue weighted by atomic mass is 9.81. The van der Waals surface area contributed by atoms with Crippen molar-refractivity contribution < 1.29 is 123 Å². The molecule has 4 aliphatic rings. The van der Waals surface area contributed by atoms with E-state index >= 15 is 0 Å². The van der Waals surface area contributed by atoms with Gasteiger partial charge in [-0.1, -0.05) is 53.7 Å². The Bertz CT molecular complexity index is 2040. The van der Waals surface area contributed by atoms with Crippen molar-refractivity contribution in [2.24, 2.45) is 29.6 Å². The highest BCUT2D eigenvalue weighted by molar-refractivity contribution is 7.48. The fourth-order valence-electron chi connectivity index (χ4n) is 6.64. The first-order chi connectivity index (χ1) is 31.8. The summed E-state index contributed by atoms with van der Waals surface area (Å²) in [5.41, 5.74) is -9.15. The first kappa shape index (κ1) is 59.3. The molecular formula is C39H58F2N2O24P2. The zero-order valence-electron chi connectivity index (χ0n) is 38.6. The van der Waals surface area contributed by atoms with Gasteiger partial charge in [0.15, 0.2) is 0 Å². The number of alkyl halides is 2. The van der Waals surface area contributed by atoms with Crippen molar-refractivity contribution in [1.82, 2.24) is 10.6 Å². The molecule has 7 N–H and O–H groups in total. The minimum atomic E-state index is -4.88. The van der Waals surface area contributed by atoms with Crippen LogP contribution in [0.1, 0.15) is 55.4 Å². The fourth-order valence-corrected chi connectivity index (χ4v) is 8.25. The summed E-state index contributed by atoms with van der Waals surface area (Å²) in [6.07, 6.45) is -2.81. The third kappa shape index (κ3) is 14.8. The van der Waals surface area contributed by atoms with Gasteiger partial charge in [-0.2, -0.15) is 0 Å². The smallest absolute Gasteiger partial charge is 0.438 e. The van der Waals surface area contributed by atoms with E-state index in [1.165, 1.54) is 41.5 Å². The van der Waals surface area contributed by atoms with Crippen molar-refractivity contribution in [2.45, 2.75) is 102 Å². The van der Waals surface area contributed by atoms with Crippen molar-refractivity contribution in [3.05, 3.63) is 24.3 Å². The van der Waals surface area contributed by atoms with Crippen LogP contribution < -0.4 is 10.6 Å². The largest absolute Gasteiger partial charge is 0.480 e. The van der Waals surface area contributed by atoms with E-state index in [2.05, 4.69) is 13.8 Å². The van der Waals surface area contributed by atoms with Crippen molar-refractivity contribution in [1.29, 1.82) is 0 Å². The number of halogens is 2. The van der Waals surface area contributed by atoms with Crippen LogP contribution in [-0.2, 0) is 89.0 Å². The second kappa shape index (κ2) is 24.0.